The lowest BCUT2D eigenvalue weighted by Gasteiger charge is -2.41. The Balaban J connectivity index is 5.25. The summed E-state index contributed by atoms with van der Waals surface area (Å²) in [6.07, 6.45) is 11.5. The molecule has 0 saturated heterocycles. The molecule has 0 radical (unpaired) electrons. The molecule has 0 aliphatic rings. The van der Waals surface area contributed by atoms with Gasteiger partial charge in [0.15, 0.2) is 0 Å². The van der Waals surface area contributed by atoms with E-state index >= 15 is 0 Å². The quantitative estimate of drug-likeness (QED) is 0.247. The van der Waals surface area contributed by atoms with E-state index in [0.29, 0.717) is 17.6 Å². The highest BCUT2D eigenvalue weighted by Gasteiger charge is 2.41. The fraction of sp³-hybridized carbons (Fsp3) is 0.950. The van der Waals surface area contributed by atoms with Crippen LogP contribution in [-0.4, -0.2) is 11.7 Å². The fourth-order valence-electron chi connectivity index (χ4n) is 4.18. The maximum Gasteiger partial charge on any atom is 0.136 e. The highest BCUT2D eigenvalue weighted by Crippen LogP contribution is 2.45. The number of carbonyl (C=O) groups is 1. The molecule has 0 N–H and O–H groups in total. The Morgan fingerprint density at radius 3 is 2.05 bits per heavy atom. The van der Waals surface area contributed by atoms with Gasteiger partial charge in [0, 0.05) is 11.3 Å². The summed E-state index contributed by atoms with van der Waals surface area (Å²) in [5.74, 6) is 2.40. The van der Waals surface area contributed by atoms with Crippen molar-refractivity contribution in [2.24, 2.45) is 17.3 Å². The molecule has 22 heavy (non-hydrogen) atoms. The van der Waals surface area contributed by atoms with E-state index in [1.54, 1.807) is 0 Å². The van der Waals surface area contributed by atoms with Crippen LogP contribution in [0.5, 0.6) is 0 Å². The van der Waals surface area contributed by atoms with Gasteiger partial charge in [-0.3, -0.25) is 4.79 Å². The van der Waals surface area contributed by atoms with Crippen LogP contribution in [0.15, 0.2) is 0 Å². The zero-order valence-electron chi connectivity index (χ0n) is 15.7. The number of Topliss-reactive ketones (excluding diaryl/α,β-unsaturated/α-hetero) is 1. The normalized spacial score (nSPS) is 17.0. The maximum atomic E-state index is 12.7. The molecule has 0 amide bonds. The number of ketones is 1. The summed E-state index contributed by atoms with van der Waals surface area (Å²) in [5.41, 5.74) is -0.0990. The van der Waals surface area contributed by atoms with Gasteiger partial charge >= 0.3 is 0 Å². The van der Waals surface area contributed by atoms with Gasteiger partial charge in [-0.15, -0.1) is 11.6 Å². The Bertz CT molecular complexity index is 289. The van der Waals surface area contributed by atoms with Crippen LogP contribution in [0.25, 0.3) is 0 Å². The third-order valence-corrected chi connectivity index (χ3v) is 5.88. The van der Waals surface area contributed by atoms with Gasteiger partial charge in [-0.1, -0.05) is 59.8 Å². The summed E-state index contributed by atoms with van der Waals surface area (Å²) < 4.78 is 0. The van der Waals surface area contributed by atoms with Crippen molar-refractivity contribution < 1.29 is 4.79 Å². The first-order valence-corrected chi connectivity index (χ1v) is 10.1. The van der Waals surface area contributed by atoms with Gasteiger partial charge in [0.1, 0.15) is 5.78 Å². The number of rotatable bonds is 14. The molecular weight excluding hydrogens is 292 g/mol. The van der Waals surface area contributed by atoms with Crippen LogP contribution in [0.4, 0.5) is 0 Å². The van der Waals surface area contributed by atoms with Crippen molar-refractivity contribution in [2.45, 2.75) is 98.8 Å². The average Bonchev–Trinajstić information content (AvgIpc) is 2.50. The first-order chi connectivity index (χ1) is 10.5. The molecule has 132 valence electrons. The molecule has 0 bridgehead atoms. The molecule has 2 heteroatoms. The number of hydrogen-bond donors (Lipinski definition) is 0. The molecule has 0 aromatic rings. The minimum atomic E-state index is -0.0990. The van der Waals surface area contributed by atoms with Crippen molar-refractivity contribution in [3.05, 3.63) is 0 Å². The van der Waals surface area contributed by atoms with E-state index < -0.39 is 0 Å². The van der Waals surface area contributed by atoms with Crippen LogP contribution in [0.2, 0.25) is 0 Å². The minimum Gasteiger partial charge on any atom is -0.299 e. The standard InChI is InChI=1S/C20H39ClO/c1-6-12-18(8-3)16-20(9-4,17(5)22)19(13-7-2)14-10-11-15-21/h18-19H,6-16H2,1-5H3. The second kappa shape index (κ2) is 12.4. The van der Waals surface area contributed by atoms with Gasteiger partial charge in [0.2, 0.25) is 0 Å². The van der Waals surface area contributed by atoms with Crippen LogP contribution in [0.1, 0.15) is 98.8 Å². The summed E-state index contributed by atoms with van der Waals surface area (Å²) in [7, 11) is 0. The van der Waals surface area contributed by atoms with E-state index in [0.717, 1.165) is 38.0 Å². The van der Waals surface area contributed by atoms with Crippen LogP contribution in [0.3, 0.4) is 0 Å². The fourth-order valence-corrected chi connectivity index (χ4v) is 4.37. The lowest BCUT2D eigenvalue weighted by molar-refractivity contribution is -0.132. The summed E-state index contributed by atoms with van der Waals surface area (Å²) in [6, 6.07) is 0. The number of carbonyl (C=O) groups excluding carboxylic acids is 1. The van der Waals surface area contributed by atoms with Crippen molar-refractivity contribution >= 4 is 17.4 Å². The number of unbranched alkanes of at least 4 members (excludes halogenated alkanes) is 1. The Kier molecular flexibility index (Phi) is 12.4. The molecule has 0 aromatic heterocycles. The van der Waals surface area contributed by atoms with Crippen molar-refractivity contribution in [2.75, 3.05) is 5.88 Å². The van der Waals surface area contributed by atoms with Gasteiger partial charge < -0.3 is 0 Å². The monoisotopic (exact) mass is 330 g/mol. The first kappa shape index (κ1) is 22.0. The molecule has 1 nitrogen and oxygen atoms in total. The SMILES string of the molecule is CCCC(CC)CC(CC)(C(C)=O)C(CCC)CCCCCl. The Labute approximate surface area is 144 Å². The number of halogens is 1. The van der Waals surface area contributed by atoms with Crippen LogP contribution < -0.4 is 0 Å². The first-order valence-electron chi connectivity index (χ1n) is 9.59. The molecule has 0 rings (SSSR count). The van der Waals surface area contributed by atoms with E-state index in [9.17, 15) is 4.79 Å². The van der Waals surface area contributed by atoms with Gasteiger partial charge in [-0.05, 0) is 50.9 Å². The summed E-state index contributed by atoms with van der Waals surface area (Å²) in [6.45, 7) is 10.9. The summed E-state index contributed by atoms with van der Waals surface area (Å²) in [5, 5.41) is 0. The highest BCUT2D eigenvalue weighted by atomic mass is 35.5. The van der Waals surface area contributed by atoms with E-state index in [-0.39, 0.29) is 5.41 Å². The summed E-state index contributed by atoms with van der Waals surface area (Å²) >= 11 is 5.85. The van der Waals surface area contributed by atoms with Gasteiger partial charge in [-0.25, -0.2) is 0 Å². The van der Waals surface area contributed by atoms with E-state index in [1.807, 2.05) is 6.92 Å². The Morgan fingerprint density at radius 1 is 1.00 bits per heavy atom. The van der Waals surface area contributed by atoms with Crippen LogP contribution in [-0.2, 0) is 4.79 Å². The maximum absolute atomic E-state index is 12.7. The van der Waals surface area contributed by atoms with Gasteiger partial charge in [-0.2, -0.15) is 0 Å². The second-order valence-corrected chi connectivity index (χ2v) is 7.38. The van der Waals surface area contributed by atoms with Crippen LogP contribution in [0, 0.1) is 17.3 Å². The Morgan fingerprint density at radius 2 is 1.64 bits per heavy atom. The molecule has 0 saturated carbocycles. The van der Waals surface area contributed by atoms with Crippen molar-refractivity contribution in [1.29, 1.82) is 0 Å². The predicted octanol–water partition coefficient (Wildman–Crippen LogP) is 7.01. The van der Waals surface area contributed by atoms with Gasteiger partial charge in [0.25, 0.3) is 0 Å². The molecule has 0 aliphatic heterocycles. The molecule has 0 fully saturated rings. The molecular formula is C20H39ClO. The third kappa shape index (κ3) is 6.60. The molecule has 3 unspecified atom stereocenters. The minimum absolute atomic E-state index is 0.0990. The topological polar surface area (TPSA) is 17.1 Å². The third-order valence-electron chi connectivity index (χ3n) is 5.61. The smallest absolute Gasteiger partial charge is 0.136 e. The summed E-state index contributed by atoms with van der Waals surface area (Å²) in [4.78, 5) is 12.7. The van der Waals surface area contributed by atoms with E-state index in [4.69, 9.17) is 11.6 Å². The van der Waals surface area contributed by atoms with Crippen LogP contribution >= 0.6 is 11.6 Å². The zero-order valence-corrected chi connectivity index (χ0v) is 16.5. The lowest BCUT2D eigenvalue weighted by atomic mass is 9.62. The van der Waals surface area contributed by atoms with Crippen molar-refractivity contribution in [1.82, 2.24) is 0 Å². The average molecular weight is 331 g/mol. The second-order valence-electron chi connectivity index (χ2n) is 7.00. The van der Waals surface area contributed by atoms with Crippen molar-refractivity contribution in [3.63, 3.8) is 0 Å². The molecule has 0 aliphatic carbocycles. The number of hydrogen-bond acceptors (Lipinski definition) is 1. The largest absolute Gasteiger partial charge is 0.299 e. The number of alkyl halides is 1. The molecule has 0 aromatic carbocycles. The highest BCUT2D eigenvalue weighted by molar-refractivity contribution is 6.17. The lowest BCUT2D eigenvalue weighted by Crippen LogP contribution is -2.39. The van der Waals surface area contributed by atoms with E-state index in [2.05, 4.69) is 27.7 Å². The van der Waals surface area contributed by atoms with Gasteiger partial charge in [0.05, 0.1) is 0 Å². The molecule has 0 heterocycles. The predicted molar refractivity (Wildman–Crippen MR) is 99.7 cm³/mol. The Hall–Kier alpha value is -0.0400. The zero-order chi connectivity index (χ0) is 17.0. The molecule has 3 atom stereocenters. The van der Waals surface area contributed by atoms with E-state index in [1.165, 1.54) is 32.1 Å². The van der Waals surface area contributed by atoms with Crippen molar-refractivity contribution in [3.8, 4) is 0 Å². The molecule has 0 spiro atoms.